The Bertz CT molecular complexity index is 938. The van der Waals surface area contributed by atoms with Gasteiger partial charge in [0, 0.05) is 37.6 Å². The fraction of sp³-hybridized carbons (Fsp3) is 0.318. The van der Waals surface area contributed by atoms with Crippen LogP contribution in [0.5, 0.6) is 5.75 Å². The van der Waals surface area contributed by atoms with Crippen molar-refractivity contribution in [1.82, 2.24) is 15.2 Å². The molecule has 0 amide bonds. The molecule has 0 atom stereocenters. The molecule has 150 valence electrons. The highest BCUT2D eigenvalue weighted by molar-refractivity contribution is 5.59. The molecular weight excluding hydrogens is 364 g/mol. The lowest BCUT2D eigenvalue weighted by atomic mass is 10.1. The number of benzene rings is 2. The third-order valence-electron chi connectivity index (χ3n) is 5.23. The van der Waals surface area contributed by atoms with Crippen molar-refractivity contribution in [2.75, 3.05) is 48.4 Å². The Kier molecular flexibility index (Phi) is 5.74. The second kappa shape index (κ2) is 8.77. The van der Waals surface area contributed by atoms with Crippen LogP contribution in [-0.2, 0) is 6.42 Å². The molecule has 1 saturated heterocycles. The minimum absolute atomic E-state index is 0.529. The minimum Gasteiger partial charge on any atom is -0.497 e. The zero-order valence-corrected chi connectivity index (χ0v) is 16.9. The van der Waals surface area contributed by atoms with Gasteiger partial charge in [-0.3, -0.25) is 0 Å². The van der Waals surface area contributed by atoms with Gasteiger partial charge in [0.25, 0.3) is 0 Å². The maximum atomic E-state index is 5.25. The van der Waals surface area contributed by atoms with Crippen LogP contribution in [-0.4, -0.2) is 48.5 Å². The Morgan fingerprint density at radius 1 is 0.966 bits per heavy atom. The van der Waals surface area contributed by atoms with E-state index in [1.54, 1.807) is 13.3 Å². The van der Waals surface area contributed by atoms with E-state index in [9.17, 15) is 0 Å². The zero-order chi connectivity index (χ0) is 20.1. The summed E-state index contributed by atoms with van der Waals surface area (Å²) >= 11 is 0. The minimum atomic E-state index is 0.529. The zero-order valence-electron chi connectivity index (χ0n) is 16.9. The van der Waals surface area contributed by atoms with Gasteiger partial charge in [-0.2, -0.15) is 10.1 Å². The number of anilines is 4. The second-order valence-electron chi connectivity index (χ2n) is 6.95. The Balaban J connectivity index is 1.41. The van der Waals surface area contributed by atoms with E-state index in [0.29, 0.717) is 5.95 Å². The Morgan fingerprint density at radius 2 is 1.69 bits per heavy atom. The Morgan fingerprint density at radius 3 is 2.41 bits per heavy atom. The molecule has 1 aliphatic heterocycles. The summed E-state index contributed by atoms with van der Waals surface area (Å²) in [6.45, 7) is 5.76. The smallest absolute Gasteiger partial charge is 0.249 e. The monoisotopic (exact) mass is 390 g/mol. The van der Waals surface area contributed by atoms with Crippen LogP contribution in [0.4, 0.5) is 23.1 Å². The van der Waals surface area contributed by atoms with Crippen LogP contribution in [0.15, 0.2) is 54.7 Å². The van der Waals surface area contributed by atoms with Gasteiger partial charge in [0.1, 0.15) is 5.75 Å². The molecule has 4 rings (SSSR count). The molecule has 1 N–H and O–H groups in total. The van der Waals surface area contributed by atoms with Crippen LogP contribution >= 0.6 is 0 Å². The molecule has 1 fully saturated rings. The molecule has 3 aromatic rings. The number of aryl methyl sites for hydroxylation is 1. The van der Waals surface area contributed by atoms with Gasteiger partial charge in [-0.1, -0.05) is 25.1 Å². The van der Waals surface area contributed by atoms with Gasteiger partial charge >= 0.3 is 0 Å². The van der Waals surface area contributed by atoms with Crippen molar-refractivity contribution >= 4 is 23.1 Å². The summed E-state index contributed by atoms with van der Waals surface area (Å²) in [6, 6.07) is 16.4. The van der Waals surface area contributed by atoms with Gasteiger partial charge in [-0.25, -0.2) is 0 Å². The maximum Gasteiger partial charge on any atom is 0.249 e. The molecule has 2 heterocycles. The summed E-state index contributed by atoms with van der Waals surface area (Å²) in [4.78, 5) is 9.33. The van der Waals surface area contributed by atoms with Gasteiger partial charge in [0.2, 0.25) is 5.95 Å². The number of ether oxygens (including phenoxy) is 1. The predicted molar refractivity (Wildman–Crippen MR) is 116 cm³/mol. The lowest BCUT2D eigenvalue weighted by Gasteiger charge is -2.36. The van der Waals surface area contributed by atoms with E-state index in [1.165, 1.54) is 11.3 Å². The summed E-state index contributed by atoms with van der Waals surface area (Å²) in [7, 11) is 1.69. The largest absolute Gasteiger partial charge is 0.497 e. The Hall–Kier alpha value is -3.35. The van der Waals surface area contributed by atoms with Crippen molar-refractivity contribution in [3.8, 4) is 5.75 Å². The third kappa shape index (κ3) is 4.39. The second-order valence-corrected chi connectivity index (χ2v) is 6.95. The number of para-hydroxylation sites is 1. The van der Waals surface area contributed by atoms with E-state index in [-0.39, 0.29) is 0 Å². The van der Waals surface area contributed by atoms with Crippen molar-refractivity contribution in [3.05, 3.63) is 60.3 Å². The van der Waals surface area contributed by atoms with E-state index >= 15 is 0 Å². The molecule has 0 saturated carbocycles. The molecule has 0 unspecified atom stereocenters. The summed E-state index contributed by atoms with van der Waals surface area (Å²) < 4.78 is 5.25. The van der Waals surface area contributed by atoms with E-state index in [2.05, 4.69) is 50.4 Å². The maximum absolute atomic E-state index is 5.25. The highest BCUT2D eigenvalue weighted by Crippen LogP contribution is 2.23. The number of nitrogens with zero attached hydrogens (tertiary/aromatic N) is 5. The topological polar surface area (TPSA) is 66.4 Å². The first-order valence-electron chi connectivity index (χ1n) is 9.95. The quantitative estimate of drug-likeness (QED) is 0.691. The summed E-state index contributed by atoms with van der Waals surface area (Å²) in [5.41, 5.74) is 3.47. The molecule has 7 heteroatoms. The summed E-state index contributed by atoms with van der Waals surface area (Å²) in [5.74, 6) is 2.26. The van der Waals surface area contributed by atoms with Crippen molar-refractivity contribution in [2.24, 2.45) is 0 Å². The van der Waals surface area contributed by atoms with Crippen LogP contribution in [0, 0.1) is 0 Å². The average Bonchev–Trinajstić information content (AvgIpc) is 2.80. The first kappa shape index (κ1) is 19.0. The van der Waals surface area contributed by atoms with Crippen molar-refractivity contribution in [3.63, 3.8) is 0 Å². The molecule has 0 bridgehead atoms. The summed E-state index contributed by atoms with van der Waals surface area (Å²) in [6.07, 6.45) is 2.68. The highest BCUT2D eigenvalue weighted by atomic mass is 16.5. The molecule has 1 aliphatic rings. The molecule has 29 heavy (non-hydrogen) atoms. The van der Waals surface area contributed by atoms with E-state index in [4.69, 9.17) is 9.72 Å². The van der Waals surface area contributed by atoms with Gasteiger partial charge in [0.15, 0.2) is 5.82 Å². The molecule has 0 radical (unpaired) electrons. The van der Waals surface area contributed by atoms with Crippen LogP contribution < -0.4 is 19.9 Å². The average molecular weight is 390 g/mol. The van der Waals surface area contributed by atoms with Crippen molar-refractivity contribution < 1.29 is 4.74 Å². The number of nitrogens with one attached hydrogen (secondary N) is 1. The fourth-order valence-electron chi connectivity index (χ4n) is 3.56. The van der Waals surface area contributed by atoms with Gasteiger partial charge < -0.3 is 19.9 Å². The van der Waals surface area contributed by atoms with Gasteiger partial charge in [0.05, 0.1) is 13.3 Å². The normalized spacial score (nSPS) is 14.0. The molecular formula is C22H26N6O. The number of aromatic nitrogens is 3. The van der Waals surface area contributed by atoms with E-state index in [0.717, 1.165) is 49.9 Å². The van der Waals surface area contributed by atoms with Crippen molar-refractivity contribution in [2.45, 2.75) is 13.3 Å². The van der Waals surface area contributed by atoms with Crippen molar-refractivity contribution in [1.29, 1.82) is 0 Å². The lowest BCUT2D eigenvalue weighted by Crippen LogP contribution is -2.46. The molecule has 0 spiro atoms. The summed E-state index contributed by atoms with van der Waals surface area (Å²) in [5, 5.41) is 11.6. The SMILES string of the molecule is CCc1ccccc1Nc1nncc(N2CCN(c3ccc(OC)cc3)CC2)n1. The van der Waals surface area contributed by atoms with Crippen LogP contribution in [0.1, 0.15) is 12.5 Å². The van der Waals surface area contributed by atoms with Gasteiger partial charge in [-0.05, 0) is 42.3 Å². The number of methoxy groups -OCH3 is 1. The third-order valence-corrected chi connectivity index (χ3v) is 5.23. The number of hydrogen-bond donors (Lipinski definition) is 1. The van der Waals surface area contributed by atoms with Gasteiger partial charge in [-0.15, -0.1) is 5.10 Å². The van der Waals surface area contributed by atoms with E-state index < -0.39 is 0 Å². The number of hydrogen-bond acceptors (Lipinski definition) is 7. The molecule has 1 aromatic heterocycles. The van der Waals surface area contributed by atoms with E-state index in [1.807, 2.05) is 30.3 Å². The van der Waals surface area contributed by atoms with Crippen LogP contribution in [0.25, 0.3) is 0 Å². The lowest BCUT2D eigenvalue weighted by molar-refractivity contribution is 0.415. The first-order valence-corrected chi connectivity index (χ1v) is 9.95. The molecule has 2 aromatic carbocycles. The predicted octanol–water partition coefficient (Wildman–Crippen LogP) is 3.51. The van der Waals surface area contributed by atoms with Crippen LogP contribution in [0.3, 0.4) is 0 Å². The molecule has 7 nitrogen and oxygen atoms in total. The first-order chi connectivity index (χ1) is 14.3. The number of rotatable bonds is 6. The fourth-order valence-corrected chi connectivity index (χ4v) is 3.56. The standard InChI is InChI=1S/C22H26N6O/c1-3-17-6-4-5-7-20(17)24-22-25-21(16-23-26-22)28-14-12-27(13-15-28)18-8-10-19(29-2)11-9-18/h4-11,16H,3,12-15H2,1-2H3,(H,24,25,26). The van der Waals surface area contributed by atoms with Crippen LogP contribution in [0.2, 0.25) is 0 Å². The molecule has 0 aliphatic carbocycles. The highest BCUT2D eigenvalue weighted by Gasteiger charge is 2.19. The Labute approximate surface area is 171 Å². The number of piperazine rings is 1.